The number of urea groups is 1. The summed E-state index contributed by atoms with van der Waals surface area (Å²) >= 11 is 7.05. The van der Waals surface area contributed by atoms with Gasteiger partial charge < -0.3 is 5.73 Å². The smallest absolute Gasteiger partial charge is 0.326 e. The lowest BCUT2D eigenvalue weighted by atomic mass is 10.00. The van der Waals surface area contributed by atoms with Crippen molar-refractivity contribution in [2.24, 2.45) is 5.73 Å². The Hall–Kier alpha value is -2.25. The number of pyridine rings is 1. The van der Waals surface area contributed by atoms with E-state index in [1.54, 1.807) is 17.5 Å². The van der Waals surface area contributed by atoms with Gasteiger partial charge in [0.2, 0.25) is 0 Å². The van der Waals surface area contributed by atoms with Crippen LogP contribution in [0.5, 0.6) is 0 Å². The molecule has 2 N–H and O–H groups in total. The van der Waals surface area contributed by atoms with Crippen LogP contribution in [0.2, 0.25) is 5.02 Å². The van der Waals surface area contributed by atoms with Crippen molar-refractivity contribution in [3.05, 3.63) is 45.4 Å². The molecule has 106 valence electrons. The number of ketones is 1. The normalized spacial score (nSPS) is 16.9. The standard InChI is InChI=1S/C13H8ClN3O3S/c14-6-4-7-10(16-5-6)9(12(19)17(7)13(15)20)11(18)8-2-1-3-21-8/h1-5,9H,(H2,15,20). The number of carbonyl (C=O) groups excluding carboxylic acids is 3. The number of Topliss-reactive ketones (excluding diaryl/α,β-unsaturated/α-hetero) is 1. The van der Waals surface area contributed by atoms with Gasteiger partial charge in [0.1, 0.15) is 5.92 Å². The van der Waals surface area contributed by atoms with E-state index >= 15 is 0 Å². The third-order valence-electron chi connectivity index (χ3n) is 3.09. The number of hydrogen-bond donors (Lipinski definition) is 1. The number of hydrogen-bond acceptors (Lipinski definition) is 5. The Morgan fingerprint density at radius 3 is 2.81 bits per heavy atom. The fourth-order valence-electron chi connectivity index (χ4n) is 2.23. The van der Waals surface area contributed by atoms with E-state index in [-0.39, 0.29) is 16.4 Å². The molecular weight excluding hydrogens is 314 g/mol. The van der Waals surface area contributed by atoms with E-state index in [9.17, 15) is 14.4 Å². The van der Waals surface area contributed by atoms with Crippen molar-refractivity contribution < 1.29 is 14.4 Å². The van der Waals surface area contributed by atoms with Gasteiger partial charge in [-0.1, -0.05) is 17.7 Å². The zero-order chi connectivity index (χ0) is 15.1. The lowest BCUT2D eigenvalue weighted by molar-refractivity contribution is -0.117. The second kappa shape index (κ2) is 4.94. The van der Waals surface area contributed by atoms with Gasteiger partial charge in [-0.25, -0.2) is 9.69 Å². The summed E-state index contributed by atoms with van der Waals surface area (Å²) in [7, 11) is 0. The van der Waals surface area contributed by atoms with Crippen LogP contribution in [0.4, 0.5) is 10.5 Å². The van der Waals surface area contributed by atoms with Gasteiger partial charge >= 0.3 is 6.03 Å². The molecule has 6 nitrogen and oxygen atoms in total. The summed E-state index contributed by atoms with van der Waals surface area (Å²) in [6, 6.07) is 3.75. The Morgan fingerprint density at radius 2 is 2.19 bits per heavy atom. The Bertz CT molecular complexity index is 760. The first kappa shape index (κ1) is 13.7. The highest BCUT2D eigenvalue weighted by atomic mass is 35.5. The number of carbonyl (C=O) groups is 3. The molecule has 8 heteroatoms. The SMILES string of the molecule is NC(=O)N1C(=O)C(C(=O)c2cccs2)c2ncc(Cl)cc21. The number of rotatable bonds is 2. The van der Waals surface area contributed by atoms with Crippen LogP contribution >= 0.6 is 22.9 Å². The summed E-state index contributed by atoms with van der Waals surface area (Å²) in [5.74, 6) is -2.27. The Balaban J connectivity index is 2.13. The van der Waals surface area contributed by atoms with Crippen LogP contribution in [-0.2, 0) is 4.79 Å². The third-order valence-corrected chi connectivity index (χ3v) is 4.18. The van der Waals surface area contributed by atoms with Crippen molar-refractivity contribution in [1.82, 2.24) is 4.98 Å². The summed E-state index contributed by atoms with van der Waals surface area (Å²) in [6.45, 7) is 0. The minimum absolute atomic E-state index is 0.162. The van der Waals surface area contributed by atoms with E-state index in [0.717, 1.165) is 4.90 Å². The minimum atomic E-state index is -1.16. The van der Waals surface area contributed by atoms with Crippen molar-refractivity contribution in [1.29, 1.82) is 0 Å². The number of thiophene rings is 1. The van der Waals surface area contributed by atoms with Gasteiger partial charge in [-0.05, 0) is 17.5 Å². The Labute approximate surface area is 128 Å². The van der Waals surface area contributed by atoms with Gasteiger partial charge in [0.05, 0.1) is 21.3 Å². The van der Waals surface area contributed by atoms with Crippen molar-refractivity contribution in [2.75, 3.05) is 4.90 Å². The first-order chi connectivity index (χ1) is 10.0. The van der Waals surface area contributed by atoms with Crippen LogP contribution in [0, 0.1) is 0 Å². The molecule has 0 fully saturated rings. The van der Waals surface area contributed by atoms with Crippen LogP contribution in [-0.4, -0.2) is 22.7 Å². The maximum absolute atomic E-state index is 12.5. The molecule has 0 aliphatic carbocycles. The molecule has 3 amide bonds. The van der Waals surface area contributed by atoms with Crippen LogP contribution in [0.15, 0.2) is 29.8 Å². The predicted octanol–water partition coefficient (Wildman–Crippen LogP) is 2.19. The molecule has 0 saturated carbocycles. The molecule has 0 radical (unpaired) electrons. The molecular formula is C13H8ClN3O3S. The summed E-state index contributed by atoms with van der Waals surface area (Å²) < 4.78 is 0. The third kappa shape index (κ3) is 2.10. The lowest BCUT2D eigenvalue weighted by Gasteiger charge is -2.11. The summed E-state index contributed by atoms with van der Waals surface area (Å²) in [6.07, 6.45) is 1.33. The topological polar surface area (TPSA) is 93.4 Å². The molecule has 1 aliphatic heterocycles. The number of imide groups is 1. The first-order valence-electron chi connectivity index (χ1n) is 5.87. The van der Waals surface area contributed by atoms with E-state index in [1.807, 2.05) is 0 Å². The lowest BCUT2D eigenvalue weighted by Crippen LogP contribution is -2.40. The van der Waals surface area contributed by atoms with E-state index in [4.69, 9.17) is 17.3 Å². The number of anilines is 1. The number of nitrogens with zero attached hydrogens (tertiary/aromatic N) is 2. The monoisotopic (exact) mass is 321 g/mol. The first-order valence-corrected chi connectivity index (χ1v) is 7.13. The van der Waals surface area contributed by atoms with Gasteiger partial charge in [0.25, 0.3) is 5.91 Å². The van der Waals surface area contributed by atoms with E-state index < -0.39 is 23.6 Å². The predicted molar refractivity (Wildman–Crippen MR) is 77.7 cm³/mol. The molecule has 0 bridgehead atoms. The molecule has 3 heterocycles. The molecule has 1 atom stereocenters. The molecule has 21 heavy (non-hydrogen) atoms. The van der Waals surface area contributed by atoms with E-state index in [1.165, 1.54) is 23.6 Å². The Morgan fingerprint density at radius 1 is 1.43 bits per heavy atom. The van der Waals surface area contributed by atoms with Crippen LogP contribution in [0.25, 0.3) is 0 Å². The fourth-order valence-corrected chi connectivity index (χ4v) is 3.08. The molecule has 0 aromatic carbocycles. The van der Waals surface area contributed by atoms with Crippen LogP contribution < -0.4 is 10.6 Å². The quantitative estimate of drug-likeness (QED) is 0.677. The average molecular weight is 322 g/mol. The van der Waals surface area contributed by atoms with E-state index in [0.29, 0.717) is 4.88 Å². The van der Waals surface area contributed by atoms with Gasteiger partial charge in [0, 0.05) is 6.20 Å². The highest BCUT2D eigenvalue weighted by molar-refractivity contribution is 7.12. The van der Waals surface area contributed by atoms with Gasteiger partial charge in [0.15, 0.2) is 5.78 Å². The van der Waals surface area contributed by atoms with Crippen molar-refractivity contribution >= 4 is 46.3 Å². The average Bonchev–Trinajstić information content (AvgIpc) is 3.02. The highest BCUT2D eigenvalue weighted by Gasteiger charge is 2.46. The second-order valence-corrected chi connectivity index (χ2v) is 5.73. The summed E-state index contributed by atoms with van der Waals surface area (Å²) in [5.41, 5.74) is 5.58. The summed E-state index contributed by atoms with van der Waals surface area (Å²) in [4.78, 5) is 41.5. The zero-order valence-electron chi connectivity index (χ0n) is 10.4. The van der Waals surface area contributed by atoms with Gasteiger partial charge in [-0.3, -0.25) is 14.6 Å². The molecule has 0 saturated heterocycles. The minimum Gasteiger partial charge on any atom is -0.351 e. The van der Waals surface area contributed by atoms with Gasteiger partial charge in [-0.2, -0.15) is 0 Å². The molecule has 2 aromatic rings. The summed E-state index contributed by atoms with van der Waals surface area (Å²) in [5, 5.41) is 1.98. The molecule has 2 aromatic heterocycles. The number of aromatic nitrogens is 1. The van der Waals surface area contributed by atoms with Crippen molar-refractivity contribution in [2.45, 2.75) is 5.92 Å². The maximum atomic E-state index is 12.5. The number of amides is 3. The van der Waals surface area contributed by atoms with E-state index in [2.05, 4.69) is 4.98 Å². The molecule has 1 unspecified atom stereocenters. The fraction of sp³-hybridized carbons (Fsp3) is 0.0769. The molecule has 3 rings (SSSR count). The maximum Gasteiger partial charge on any atom is 0.326 e. The number of nitrogens with two attached hydrogens (primary N) is 1. The van der Waals surface area contributed by atoms with Crippen molar-refractivity contribution in [3.63, 3.8) is 0 Å². The zero-order valence-corrected chi connectivity index (χ0v) is 12.0. The van der Waals surface area contributed by atoms with Gasteiger partial charge in [-0.15, -0.1) is 11.3 Å². The van der Waals surface area contributed by atoms with Crippen molar-refractivity contribution in [3.8, 4) is 0 Å². The molecule has 1 aliphatic rings. The molecule has 0 spiro atoms. The largest absolute Gasteiger partial charge is 0.351 e. The van der Waals surface area contributed by atoms with Crippen LogP contribution in [0.1, 0.15) is 21.3 Å². The highest BCUT2D eigenvalue weighted by Crippen LogP contribution is 2.39. The number of primary amides is 1. The second-order valence-electron chi connectivity index (χ2n) is 4.34. The number of fused-ring (bicyclic) bond motifs is 1. The van der Waals surface area contributed by atoms with Crippen LogP contribution in [0.3, 0.4) is 0 Å². The number of halogens is 1. The Kier molecular flexibility index (Phi) is 3.23.